The Kier molecular flexibility index (Phi) is 5.57. The van der Waals surface area contributed by atoms with Gasteiger partial charge in [0, 0.05) is 24.9 Å². The minimum Gasteiger partial charge on any atom is -0.306 e. The number of halogens is 3. The molecule has 8 heteroatoms. The molecule has 1 aliphatic carbocycles. The number of hydrogen-bond donors (Lipinski definition) is 3. The van der Waals surface area contributed by atoms with Crippen LogP contribution in [0.15, 0.2) is 42.6 Å². The molecule has 1 aromatic carbocycles. The molecule has 0 bridgehead atoms. The van der Waals surface area contributed by atoms with Gasteiger partial charge in [0.15, 0.2) is 0 Å². The van der Waals surface area contributed by atoms with Crippen molar-refractivity contribution in [2.24, 2.45) is 0 Å². The third-order valence-electron chi connectivity index (χ3n) is 4.45. The summed E-state index contributed by atoms with van der Waals surface area (Å²) in [5.74, 6) is -0.597. The van der Waals surface area contributed by atoms with E-state index < -0.39 is 17.8 Å². The van der Waals surface area contributed by atoms with Gasteiger partial charge in [0.05, 0.1) is 0 Å². The lowest BCUT2D eigenvalue weighted by Crippen LogP contribution is -2.19. The molecule has 0 aliphatic heterocycles. The first kappa shape index (κ1) is 19.1. The summed E-state index contributed by atoms with van der Waals surface area (Å²) >= 11 is 0. The Balaban J connectivity index is 1.63. The normalized spacial score (nSPS) is 16.5. The Labute approximate surface area is 153 Å². The van der Waals surface area contributed by atoms with Crippen LogP contribution in [-0.2, 0) is 23.9 Å². The van der Waals surface area contributed by atoms with Crippen molar-refractivity contribution < 1.29 is 23.2 Å². The fourth-order valence-electron chi connectivity index (χ4n) is 3.10. The number of aromatic nitrogens is 1. The highest BCUT2D eigenvalue weighted by atomic mass is 19.4. The van der Waals surface area contributed by atoms with E-state index in [0.29, 0.717) is 12.1 Å². The van der Waals surface area contributed by atoms with Gasteiger partial charge in [-0.3, -0.25) is 15.0 Å². The molecule has 3 rings (SSSR count). The predicted octanol–water partition coefficient (Wildman–Crippen LogP) is 3.40. The van der Waals surface area contributed by atoms with Gasteiger partial charge < -0.3 is 5.32 Å². The lowest BCUT2D eigenvalue weighted by molar-refractivity contribution is -0.141. The Bertz CT molecular complexity index is 848. The average Bonchev–Trinajstić information content (AvgIpc) is 3.06. The van der Waals surface area contributed by atoms with E-state index in [2.05, 4.69) is 10.3 Å². The number of aryl methyl sites for hydroxylation is 1. The van der Waals surface area contributed by atoms with Crippen LogP contribution in [0.25, 0.3) is 6.08 Å². The number of amides is 1. The third kappa shape index (κ3) is 4.72. The van der Waals surface area contributed by atoms with Crippen LogP contribution in [0, 0.1) is 0 Å². The van der Waals surface area contributed by atoms with Crippen LogP contribution in [0.5, 0.6) is 0 Å². The summed E-state index contributed by atoms with van der Waals surface area (Å²) in [6.45, 7) is 0.424. The monoisotopic (exact) mass is 377 g/mol. The maximum Gasteiger partial charge on any atom is 0.433 e. The first-order chi connectivity index (χ1) is 12.9. The Morgan fingerprint density at radius 1 is 1.30 bits per heavy atom. The number of hydroxylamine groups is 1. The van der Waals surface area contributed by atoms with Crippen LogP contribution in [0.3, 0.4) is 0 Å². The molecule has 0 radical (unpaired) electrons. The summed E-state index contributed by atoms with van der Waals surface area (Å²) < 4.78 is 37.7. The van der Waals surface area contributed by atoms with Crippen molar-refractivity contribution in [1.82, 2.24) is 15.8 Å². The van der Waals surface area contributed by atoms with Crippen molar-refractivity contribution in [3.05, 3.63) is 70.6 Å². The Hall–Kier alpha value is -2.71. The summed E-state index contributed by atoms with van der Waals surface area (Å²) in [5.41, 5.74) is 4.47. The van der Waals surface area contributed by atoms with Crippen molar-refractivity contribution in [2.45, 2.75) is 31.6 Å². The van der Waals surface area contributed by atoms with Gasteiger partial charge in [-0.15, -0.1) is 0 Å². The highest BCUT2D eigenvalue weighted by Crippen LogP contribution is 2.32. The molecule has 142 valence electrons. The zero-order valence-corrected chi connectivity index (χ0v) is 14.3. The highest BCUT2D eigenvalue weighted by molar-refractivity contribution is 5.90. The van der Waals surface area contributed by atoms with Crippen LogP contribution in [0.2, 0.25) is 0 Å². The van der Waals surface area contributed by atoms with Crippen molar-refractivity contribution >= 4 is 12.0 Å². The van der Waals surface area contributed by atoms with Crippen molar-refractivity contribution in [1.29, 1.82) is 0 Å². The van der Waals surface area contributed by atoms with E-state index in [1.54, 1.807) is 6.08 Å². The Morgan fingerprint density at radius 3 is 2.78 bits per heavy atom. The second kappa shape index (κ2) is 7.89. The molecule has 0 saturated heterocycles. The summed E-state index contributed by atoms with van der Waals surface area (Å²) in [6, 6.07) is 8.36. The molecular weight excluding hydrogens is 359 g/mol. The second-order valence-corrected chi connectivity index (χ2v) is 6.29. The van der Waals surface area contributed by atoms with E-state index in [0.717, 1.165) is 35.6 Å². The number of hydrogen-bond acceptors (Lipinski definition) is 4. The predicted molar refractivity (Wildman–Crippen MR) is 92.5 cm³/mol. The number of alkyl halides is 3. The van der Waals surface area contributed by atoms with Gasteiger partial charge in [0.25, 0.3) is 5.91 Å². The smallest absolute Gasteiger partial charge is 0.306 e. The molecular formula is C19H18F3N3O2. The molecule has 3 N–H and O–H groups in total. The summed E-state index contributed by atoms with van der Waals surface area (Å²) in [5, 5.41) is 11.8. The van der Waals surface area contributed by atoms with Crippen LogP contribution in [0.4, 0.5) is 13.2 Å². The van der Waals surface area contributed by atoms with Gasteiger partial charge in [-0.05, 0) is 47.2 Å². The molecule has 1 amide bonds. The fraction of sp³-hybridized carbons (Fsp3) is 0.263. The van der Waals surface area contributed by atoms with E-state index >= 15 is 0 Å². The molecule has 0 spiro atoms. The highest BCUT2D eigenvalue weighted by Gasteiger charge is 2.32. The molecule has 1 atom stereocenters. The van der Waals surface area contributed by atoms with Gasteiger partial charge in [0.1, 0.15) is 5.69 Å². The molecule has 1 unspecified atom stereocenters. The maximum absolute atomic E-state index is 12.6. The molecule has 0 saturated carbocycles. The first-order valence-electron chi connectivity index (χ1n) is 8.37. The summed E-state index contributed by atoms with van der Waals surface area (Å²) in [4.78, 5) is 14.5. The first-order valence-corrected chi connectivity index (χ1v) is 8.37. The zero-order valence-electron chi connectivity index (χ0n) is 14.3. The van der Waals surface area contributed by atoms with Gasteiger partial charge in [-0.1, -0.05) is 24.3 Å². The van der Waals surface area contributed by atoms with Crippen LogP contribution >= 0.6 is 0 Å². The van der Waals surface area contributed by atoms with Crippen LogP contribution in [-0.4, -0.2) is 16.1 Å². The molecule has 0 fully saturated rings. The Morgan fingerprint density at radius 2 is 2.11 bits per heavy atom. The topological polar surface area (TPSA) is 74.2 Å². The van der Waals surface area contributed by atoms with Crippen molar-refractivity contribution in [3.8, 4) is 0 Å². The number of pyridine rings is 1. The van der Waals surface area contributed by atoms with E-state index in [9.17, 15) is 18.0 Å². The SMILES string of the molecule is O=C(C=Cc1ccc2c(c1)CCC2NCc1ccc(C(F)(F)F)nc1)NO. The van der Waals surface area contributed by atoms with Gasteiger partial charge in [0.2, 0.25) is 0 Å². The van der Waals surface area contributed by atoms with E-state index in [-0.39, 0.29) is 6.04 Å². The maximum atomic E-state index is 12.6. The lowest BCUT2D eigenvalue weighted by atomic mass is 10.0. The molecule has 1 heterocycles. The standard InChI is InChI=1S/C19H18F3N3O2/c20-19(21,22)17-7-2-13(11-24-17)10-23-16-6-4-14-9-12(1-5-15(14)16)3-8-18(26)25-27/h1-3,5,7-9,11,16,23,27H,4,6,10H2,(H,25,26). The van der Waals surface area contributed by atoms with Gasteiger partial charge in [-0.25, -0.2) is 5.48 Å². The molecule has 2 aromatic rings. The second-order valence-electron chi connectivity index (χ2n) is 6.29. The number of nitrogens with zero attached hydrogens (tertiary/aromatic N) is 1. The van der Waals surface area contributed by atoms with E-state index in [1.807, 2.05) is 18.2 Å². The number of carbonyl (C=O) groups excluding carboxylic acids is 1. The number of benzene rings is 1. The quantitative estimate of drug-likeness (QED) is 0.424. The molecule has 27 heavy (non-hydrogen) atoms. The van der Waals surface area contributed by atoms with Crippen LogP contribution in [0.1, 0.15) is 40.4 Å². The molecule has 1 aliphatic rings. The van der Waals surface area contributed by atoms with E-state index in [1.165, 1.54) is 23.8 Å². The lowest BCUT2D eigenvalue weighted by Gasteiger charge is -2.14. The van der Waals surface area contributed by atoms with Gasteiger partial charge >= 0.3 is 6.18 Å². The fourth-order valence-corrected chi connectivity index (χ4v) is 3.10. The average molecular weight is 377 g/mol. The van der Waals surface area contributed by atoms with E-state index in [4.69, 9.17) is 5.21 Å². The third-order valence-corrected chi connectivity index (χ3v) is 4.45. The van der Waals surface area contributed by atoms with Crippen molar-refractivity contribution in [3.63, 3.8) is 0 Å². The van der Waals surface area contributed by atoms with Gasteiger partial charge in [-0.2, -0.15) is 13.2 Å². The zero-order chi connectivity index (χ0) is 19.4. The molecule has 1 aromatic heterocycles. The van der Waals surface area contributed by atoms with Crippen LogP contribution < -0.4 is 10.8 Å². The minimum absolute atomic E-state index is 0.112. The summed E-state index contributed by atoms with van der Waals surface area (Å²) in [6.07, 6.45) is 1.41. The summed E-state index contributed by atoms with van der Waals surface area (Å²) in [7, 11) is 0. The number of nitrogens with one attached hydrogen (secondary N) is 2. The number of rotatable bonds is 5. The minimum atomic E-state index is -4.43. The number of carbonyl (C=O) groups is 1. The number of fused-ring (bicyclic) bond motifs is 1. The molecule has 5 nitrogen and oxygen atoms in total. The largest absolute Gasteiger partial charge is 0.433 e. The van der Waals surface area contributed by atoms with Crippen molar-refractivity contribution in [2.75, 3.05) is 0 Å².